The number of furan rings is 2. The minimum atomic E-state index is -0.473. The molecule has 2 aromatic heterocycles. The second kappa shape index (κ2) is 4.72. The highest BCUT2D eigenvalue weighted by Gasteiger charge is 2.33. The predicted molar refractivity (Wildman–Crippen MR) is 82.8 cm³/mol. The second-order valence-electron chi connectivity index (χ2n) is 5.35. The summed E-state index contributed by atoms with van der Waals surface area (Å²) in [4.78, 5) is 23.6. The van der Waals surface area contributed by atoms with E-state index in [1.54, 1.807) is 6.07 Å². The first-order chi connectivity index (χ1) is 9.44. The molecule has 0 N–H and O–H groups in total. The molecule has 1 aliphatic carbocycles. The number of alkyl halides is 1. The number of carbonyl (C=O) groups is 2. The van der Waals surface area contributed by atoms with Crippen molar-refractivity contribution in [3.63, 3.8) is 0 Å². The number of benzene rings is 1. The number of ether oxygens (including phenoxy) is 1. The van der Waals surface area contributed by atoms with E-state index in [1.807, 2.05) is 13.8 Å². The molecule has 106 valence electrons. The Kier molecular flexibility index (Phi) is 3.27. The van der Waals surface area contributed by atoms with Gasteiger partial charge in [-0.1, -0.05) is 29.5 Å². The van der Waals surface area contributed by atoms with E-state index < -0.39 is 3.42 Å². The van der Waals surface area contributed by atoms with Gasteiger partial charge in [-0.2, -0.15) is 0 Å². The fraction of sp³-hybridized carbons (Fsp3) is 0.467. The van der Waals surface area contributed by atoms with E-state index in [4.69, 9.17) is 9.15 Å². The highest BCUT2D eigenvalue weighted by molar-refractivity contribution is 14.1. The third-order valence-corrected chi connectivity index (χ3v) is 5.18. The minimum Gasteiger partial charge on any atom is -0.464 e. The van der Waals surface area contributed by atoms with Gasteiger partial charge < -0.3 is 9.15 Å². The molecular formula is C15H15IO4. The molecule has 2 aromatic rings. The van der Waals surface area contributed by atoms with Crippen molar-refractivity contribution in [3.8, 4) is 0 Å². The molecule has 0 fully saturated rings. The van der Waals surface area contributed by atoms with Crippen molar-refractivity contribution in [3.05, 3.63) is 22.8 Å². The number of halogens is 1. The van der Waals surface area contributed by atoms with E-state index in [9.17, 15) is 9.59 Å². The molecule has 0 radical (unpaired) electrons. The van der Waals surface area contributed by atoms with Gasteiger partial charge in [-0.05, 0) is 19.4 Å². The van der Waals surface area contributed by atoms with Gasteiger partial charge in [-0.15, -0.1) is 0 Å². The summed E-state index contributed by atoms with van der Waals surface area (Å²) in [5.41, 5.74) is 4.22. The van der Waals surface area contributed by atoms with Gasteiger partial charge >= 0.3 is 5.97 Å². The van der Waals surface area contributed by atoms with Crippen molar-refractivity contribution < 1.29 is 18.7 Å². The smallest absolute Gasteiger partial charge is 0.321 e. The molecule has 2 heterocycles. The van der Waals surface area contributed by atoms with Crippen LogP contribution < -0.4 is 0 Å². The molecule has 1 atom stereocenters. The Labute approximate surface area is 130 Å². The Bertz CT molecular complexity index is 683. The van der Waals surface area contributed by atoms with Gasteiger partial charge in [0.05, 0.1) is 12.2 Å². The molecule has 0 aromatic carbocycles. The largest absolute Gasteiger partial charge is 0.464 e. The first-order valence-corrected chi connectivity index (χ1v) is 7.78. The number of Topliss-reactive ketones (excluding diaryl/α,β-unsaturated/α-hetero) is 1. The van der Waals surface area contributed by atoms with Crippen LogP contribution in [0.4, 0.5) is 0 Å². The monoisotopic (exact) mass is 386 g/mol. The fourth-order valence-corrected chi connectivity index (χ4v) is 2.67. The van der Waals surface area contributed by atoms with Crippen LogP contribution in [0.2, 0.25) is 0 Å². The van der Waals surface area contributed by atoms with Crippen molar-refractivity contribution >= 4 is 45.5 Å². The Hall–Kier alpha value is -1.11. The first-order valence-electron chi connectivity index (χ1n) is 6.70. The Morgan fingerprint density at radius 3 is 3.00 bits per heavy atom. The number of esters is 1. The third kappa shape index (κ3) is 2.03. The van der Waals surface area contributed by atoms with E-state index in [2.05, 4.69) is 22.6 Å². The normalized spacial score (nSPS) is 16.9. The number of ketones is 1. The molecule has 1 unspecified atom stereocenters. The zero-order valence-electron chi connectivity index (χ0n) is 11.4. The van der Waals surface area contributed by atoms with Gasteiger partial charge in [0, 0.05) is 24.0 Å². The molecule has 0 aliphatic heterocycles. The zero-order chi connectivity index (χ0) is 14.5. The molecule has 0 amide bonds. The summed E-state index contributed by atoms with van der Waals surface area (Å²) >= 11 is 2.12. The summed E-state index contributed by atoms with van der Waals surface area (Å²) in [6.07, 6.45) is 1.76. The van der Waals surface area contributed by atoms with E-state index in [0.29, 0.717) is 25.0 Å². The molecule has 0 saturated heterocycles. The van der Waals surface area contributed by atoms with Gasteiger partial charge in [-0.3, -0.25) is 9.59 Å². The molecule has 0 saturated carbocycles. The van der Waals surface area contributed by atoms with Crippen LogP contribution in [0.3, 0.4) is 0 Å². The summed E-state index contributed by atoms with van der Waals surface area (Å²) in [6, 6.07) is 1.81. The zero-order valence-corrected chi connectivity index (χ0v) is 13.6. The first kappa shape index (κ1) is 13.9. The van der Waals surface area contributed by atoms with E-state index in [1.165, 1.54) is 0 Å². The summed E-state index contributed by atoms with van der Waals surface area (Å²) in [7, 11) is 0. The van der Waals surface area contributed by atoms with Gasteiger partial charge in [0.1, 0.15) is 14.6 Å². The number of fused-ring (bicyclic) bond motifs is 1. The maximum absolute atomic E-state index is 11.9. The maximum atomic E-state index is 11.9. The maximum Gasteiger partial charge on any atom is 0.321 e. The number of hydrogen-bond donors (Lipinski definition) is 0. The molecule has 3 rings (SSSR count). The lowest BCUT2D eigenvalue weighted by molar-refractivity contribution is -0.145. The SMILES string of the molecule is CCC(C)(I)C(=O)OCCc1c2c3oc1cc3C(=O)C2. The molecule has 4 nitrogen and oxygen atoms in total. The second-order valence-corrected chi connectivity index (χ2v) is 7.73. The Morgan fingerprint density at radius 2 is 2.30 bits per heavy atom. The Morgan fingerprint density at radius 1 is 1.55 bits per heavy atom. The number of hydrogen-bond acceptors (Lipinski definition) is 4. The lowest BCUT2D eigenvalue weighted by Gasteiger charge is -2.18. The standard InChI is InChI=1S/C15H15IO4/c1-3-15(2,16)14(18)19-5-4-8-9-6-11(17)10-7-12(8)20-13(9)10/h7H,3-6H2,1-2H3. The van der Waals surface area contributed by atoms with E-state index in [-0.39, 0.29) is 11.8 Å². The van der Waals surface area contributed by atoms with Crippen LogP contribution in [0.25, 0.3) is 11.2 Å². The molecule has 20 heavy (non-hydrogen) atoms. The lowest BCUT2D eigenvalue weighted by atomic mass is 10.1. The highest BCUT2D eigenvalue weighted by Crippen LogP contribution is 2.39. The lowest BCUT2D eigenvalue weighted by Crippen LogP contribution is -2.30. The average Bonchev–Trinajstić information content (AvgIpc) is 3.02. The molecular weight excluding hydrogens is 371 g/mol. The van der Waals surface area contributed by atoms with E-state index in [0.717, 1.165) is 28.7 Å². The van der Waals surface area contributed by atoms with Crippen molar-refractivity contribution in [2.75, 3.05) is 6.61 Å². The van der Waals surface area contributed by atoms with Crippen LogP contribution in [-0.4, -0.2) is 21.8 Å². The van der Waals surface area contributed by atoms with Crippen molar-refractivity contribution in [1.29, 1.82) is 0 Å². The van der Waals surface area contributed by atoms with Crippen molar-refractivity contribution in [2.45, 2.75) is 36.5 Å². The van der Waals surface area contributed by atoms with E-state index >= 15 is 0 Å². The van der Waals surface area contributed by atoms with Crippen LogP contribution in [0.15, 0.2) is 10.5 Å². The minimum absolute atomic E-state index is 0.128. The molecule has 1 aliphatic rings. The molecule has 5 heteroatoms. The summed E-state index contributed by atoms with van der Waals surface area (Å²) in [5, 5.41) is 0. The fourth-order valence-electron chi connectivity index (χ4n) is 2.51. The van der Waals surface area contributed by atoms with Crippen LogP contribution in [-0.2, 0) is 22.4 Å². The average molecular weight is 386 g/mol. The predicted octanol–water partition coefficient (Wildman–Crippen LogP) is 3.30. The topological polar surface area (TPSA) is 56.5 Å². The van der Waals surface area contributed by atoms with Crippen LogP contribution in [0.1, 0.15) is 41.8 Å². The number of carbonyl (C=O) groups excluding carboxylic acids is 2. The van der Waals surface area contributed by atoms with Gasteiger partial charge in [0.2, 0.25) is 0 Å². The van der Waals surface area contributed by atoms with Crippen LogP contribution in [0, 0.1) is 0 Å². The van der Waals surface area contributed by atoms with Gasteiger partial charge in [0.25, 0.3) is 0 Å². The molecule has 0 spiro atoms. The highest BCUT2D eigenvalue weighted by atomic mass is 127. The summed E-state index contributed by atoms with van der Waals surface area (Å²) in [5.74, 6) is -0.0607. The summed E-state index contributed by atoms with van der Waals surface area (Å²) < 4.78 is 10.5. The van der Waals surface area contributed by atoms with Crippen molar-refractivity contribution in [1.82, 2.24) is 0 Å². The van der Waals surface area contributed by atoms with Crippen LogP contribution in [0.5, 0.6) is 0 Å². The van der Waals surface area contributed by atoms with Crippen molar-refractivity contribution in [2.24, 2.45) is 0 Å². The van der Waals surface area contributed by atoms with Crippen LogP contribution >= 0.6 is 22.6 Å². The van der Waals surface area contributed by atoms with Gasteiger partial charge in [-0.25, -0.2) is 0 Å². The third-order valence-electron chi connectivity index (χ3n) is 3.98. The van der Waals surface area contributed by atoms with Gasteiger partial charge in [0.15, 0.2) is 5.78 Å². The summed E-state index contributed by atoms with van der Waals surface area (Å²) in [6.45, 7) is 4.16. The Balaban J connectivity index is 1.66. The number of rotatable bonds is 5. The molecule has 2 bridgehead atoms. The quantitative estimate of drug-likeness (QED) is 0.450.